The topological polar surface area (TPSA) is 71.9 Å². The summed E-state index contributed by atoms with van der Waals surface area (Å²) in [7, 11) is 1.57. The number of benzene rings is 2. The van der Waals surface area contributed by atoms with E-state index in [2.05, 4.69) is 15.6 Å². The van der Waals surface area contributed by atoms with Gasteiger partial charge in [-0.1, -0.05) is 29.3 Å². The number of carbonyl (C=O) groups is 1. The average molecular weight is 402 g/mol. The summed E-state index contributed by atoms with van der Waals surface area (Å²) in [6.45, 7) is 3.18. The quantitative estimate of drug-likeness (QED) is 0.586. The maximum Gasteiger partial charge on any atom is 0.257 e. The number of ether oxygens (including phenoxy) is 2. The maximum absolute atomic E-state index is 12.7. The standard InChI is InChI=1S/C21H24ClN3O3/c1-14-5-7-15(8-6-14)20(26)25-21(23-13-17-4-3-11-28-17)24-18-12-16(22)9-10-19(18)27-2/h5-10,12,17H,3-4,11,13H2,1-2H3,(H2,23,24,25,26). The van der Waals surface area contributed by atoms with Crippen molar-refractivity contribution in [2.24, 2.45) is 4.99 Å². The van der Waals surface area contributed by atoms with E-state index in [9.17, 15) is 4.79 Å². The normalized spacial score (nSPS) is 16.7. The molecule has 1 fully saturated rings. The predicted molar refractivity (Wildman–Crippen MR) is 112 cm³/mol. The van der Waals surface area contributed by atoms with E-state index in [0.717, 1.165) is 25.0 Å². The molecule has 7 heteroatoms. The van der Waals surface area contributed by atoms with Gasteiger partial charge < -0.3 is 14.8 Å². The Bertz CT molecular complexity index is 846. The highest BCUT2D eigenvalue weighted by atomic mass is 35.5. The van der Waals surface area contributed by atoms with Gasteiger partial charge in [-0.2, -0.15) is 0 Å². The van der Waals surface area contributed by atoms with Gasteiger partial charge >= 0.3 is 0 Å². The monoisotopic (exact) mass is 401 g/mol. The number of nitrogens with one attached hydrogen (secondary N) is 2. The van der Waals surface area contributed by atoms with E-state index in [4.69, 9.17) is 21.1 Å². The molecule has 28 heavy (non-hydrogen) atoms. The van der Waals surface area contributed by atoms with Gasteiger partial charge in [0, 0.05) is 17.2 Å². The molecule has 0 spiro atoms. The molecule has 1 unspecified atom stereocenters. The number of amides is 1. The number of anilines is 1. The number of hydrogen-bond acceptors (Lipinski definition) is 4. The fraction of sp³-hybridized carbons (Fsp3) is 0.333. The van der Waals surface area contributed by atoms with Crippen molar-refractivity contribution in [3.63, 3.8) is 0 Å². The Morgan fingerprint density at radius 3 is 2.75 bits per heavy atom. The Labute approximate surface area is 169 Å². The largest absolute Gasteiger partial charge is 0.495 e. The number of methoxy groups -OCH3 is 1. The fourth-order valence-electron chi connectivity index (χ4n) is 2.88. The Hall–Kier alpha value is -2.57. The molecule has 0 bridgehead atoms. The maximum atomic E-state index is 12.7. The smallest absolute Gasteiger partial charge is 0.257 e. The zero-order chi connectivity index (χ0) is 19.9. The molecule has 1 saturated heterocycles. The van der Waals surface area contributed by atoms with E-state index in [0.29, 0.717) is 34.5 Å². The number of nitrogens with zero attached hydrogens (tertiary/aromatic N) is 1. The molecule has 0 saturated carbocycles. The van der Waals surface area contributed by atoms with Gasteiger partial charge in [0.15, 0.2) is 0 Å². The molecule has 3 rings (SSSR count). The van der Waals surface area contributed by atoms with Crippen molar-refractivity contribution < 1.29 is 14.3 Å². The summed E-state index contributed by atoms with van der Waals surface area (Å²) in [5, 5.41) is 6.52. The van der Waals surface area contributed by atoms with Gasteiger partial charge in [0.05, 0.1) is 25.4 Å². The highest BCUT2D eigenvalue weighted by Crippen LogP contribution is 2.27. The van der Waals surface area contributed by atoms with Gasteiger partial charge in [0.25, 0.3) is 5.91 Å². The molecule has 2 N–H and O–H groups in total. The molecule has 0 aliphatic carbocycles. The van der Waals surface area contributed by atoms with E-state index in [-0.39, 0.29) is 12.0 Å². The van der Waals surface area contributed by atoms with E-state index in [1.165, 1.54) is 0 Å². The van der Waals surface area contributed by atoms with Gasteiger partial charge in [0.1, 0.15) is 5.75 Å². The summed E-state index contributed by atoms with van der Waals surface area (Å²) in [5.41, 5.74) is 2.26. The lowest BCUT2D eigenvalue weighted by Crippen LogP contribution is -2.36. The second kappa shape index (κ2) is 9.57. The molecule has 1 aliphatic rings. The minimum Gasteiger partial charge on any atom is -0.495 e. The van der Waals surface area contributed by atoms with Crippen LogP contribution in [0.25, 0.3) is 0 Å². The molecule has 1 heterocycles. The van der Waals surface area contributed by atoms with Crippen LogP contribution in [0.5, 0.6) is 5.75 Å². The Balaban J connectivity index is 1.80. The lowest BCUT2D eigenvalue weighted by Gasteiger charge is -2.15. The van der Waals surface area contributed by atoms with Crippen molar-refractivity contribution in [3.05, 3.63) is 58.6 Å². The highest BCUT2D eigenvalue weighted by Gasteiger charge is 2.17. The number of rotatable bonds is 5. The zero-order valence-corrected chi connectivity index (χ0v) is 16.8. The Morgan fingerprint density at radius 1 is 1.29 bits per heavy atom. The van der Waals surface area contributed by atoms with Crippen molar-refractivity contribution in [1.82, 2.24) is 5.32 Å². The summed E-state index contributed by atoms with van der Waals surface area (Å²) in [4.78, 5) is 17.2. The molecular formula is C21H24ClN3O3. The molecule has 2 aromatic rings. The van der Waals surface area contributed by atoms with Gasteiger partial charge in [0.2, 0.25) is 5.96 Å². The summed E-state index contributed by atoms with van der Waals surface area (Å²) in [5.74, 6) is 0.667. The van der Waals surface area contributed by atoms with Gasteiger partial charge in [-0.05, 0) is 50.1 Å². The molecule has 2 aromatic carbocycles. The first-order chi connectivity index (χ1) is 13.5. The second-order valence-corrected chi connectivity index (χ2v) is 7.05. The molecule has 0 aromatic heterocycles. The minimum atomic E-state index is -0.250. The predicted octanol–water partition coefficient (Wildman–Crippen LogP) is 4.03. The first-order valence-corrected chi connectivity index (χ1v) is 9.57. The van der Waals surface area contributed by atoms with E-state index >= 15 is 0 Å². The first-order valence-electron chi connectivity index (χ1n) is 9.20. The highest BCUT2D eigenvalue weighted by molar-refractivity contribution is 6.31. The third-order valence-corrected chi connectivity index (χ3v) is 4.67. The molecule has 6 nitrogen and oxygen atoms in total. The van der Waals surface area contributed by atoms with Gasteiger partial charge in [-0.25, -0.2) is 4.99 Å². The van der Waals surface area contributed by atoms with Crippen LogP contribution in [0, 0.1) is 6.92 Å². The van der Waals surface area contributed by atoms with Crippen molar-refractivity contribution in [1.29, 1.82) is 0 Å². The van der Waals surface area contributed by atoms with Crippen LogP contribution >= 0.6 is 11.6 Å². The summed E-state index contributed by atoms with van der Waals surface area (Å²) in [6, 6.07) is 12.6. The van der Waals surface area contributed by atoms with Crippen LogP contribution in [-0.4, -0.2) is 38.2 Å². The van der Waals surface area contributed by atoms with Crippen LogP contribution in [0.15, 0.2) is 47.5 Å². The van der Waals surface area contributed by atoms with Crippen molar-refractivity contribution in [2.75, 3.05) is 25.6 Å². The van der Waals surface area contributed by atoms with E-state index in [1.54, 1.807) is 37.4 Å². The third kappa shape index (κ3) is 5.47. The lowest BCUT2D eigenvalue weighted by molar-refractivity contribution is 0.0975. The number of carbonyl (C=O) groups excluding carboxylic acids is 1. The Kier molecular flexibility index (Phi) is 6.90. The summed E-state index contributed by atoms with van der Waals surface area (Å²) < 4.78 is 11.0. The van der Waals surface area contributed by atoms with Crippen LogP contribution in [0.2, 0.25) is 5.02 Å². The van der Waals surface area contributed by atoms with Crippen LogP contribution < -0.4 is 15.4 Å². The fourth-order valence-corrected chi connectivity index (χ4v) is 3.05. The van der Waals surface area contributed by atoms with Crippen LogP contribution in [-0.2, 0) is 4.74 Å². The van der Waals surface area contributed by atoms with Gasteiger partial charge in [-0.15, -0.1) is 0 Å². The summed E-state index contributed by atoms with van der Waals surface area (Å²) in [6.07, 6.45) is 2.05. The average Bonchev–Trinajstić information content (AvgIpc) is 3.20. The number of halogens is 1. The van der Waals surface area contributed by atoms with Crippen molar-refractivity contribution in [2.45, 2.75) is 25.9 Å². The molecule has 1 aliphatic heterocycles. The van der Waals surface area contributed by atoms with E-state index in [1.807, 2.05) is 19.1 Å². The zero-order valence-electron chi connectivity index (χ0n) is 16.0. The number of hydrogen-bond donors (Lipinski definition) is 2. The number of guanidine groups is 1. The first kappa shape index (κ1) is 20.2. The van der Waals surface area contributed by atoms with Crippen LogP contribution in [0.4, 0.5) is 5.69 Å². The minimum absolute atomic E-state index is 0.0642. The number of aryl methyl sites for hydroxylation is 1. The van der Waals surface area contributed by atoms with E-state index < -0.39 is 0 Å². The molecule has 1 amide bonds. The number of aliphatic imine (C=N–C) groups is 1. The SMILES string of the molecule is COc1ccc(Cl)cc1NC(=NCC1CCCO1)NC(=O)c1ccc(C)cc1. The lowest BCUT2D eigenvalue weighted by atomic mass is 10.1. The second-order valence-electron chi connectivity index (χ2n) is 6.61. The van der Waals surface area contributed by atoms with Crippen molar-refractivity contribution in [3.8, 4) is 5.75 Å². The molecular weight excluding hydrogens is 378 g/mol. The third-order valence-electron chi connectivity index (χ3n) is 4.44. The van der Waals surface area contributed by atoms with Crippen molar-refractivity contribution >= 4 is 29.2 Å². The molecule has 148 valence electrons. The van der Waals surface area contributed by atoms with Crippen LogP contribution in [0.3, 0.4) is 0 Å². The van der Waals surface area contributed by atoms with Gasteiger partial charge in [-0.3, -0.25) is 10.1 Å². The molecule has 1 atom stereocenters. The Morgan fingerprint density at radius 2 is 2.07 bits per heavy atom. The molecule has 0 radical (unpaired) electrons. The summed E-state index contributed by atoms with van der Waals surface area (Å²) >= 11 is 6.11. The van der Waals surface area contributed by atoms with Crippen LogP contribution in [0.1, 0.15) is 28.8 Å².